The summed E-state index contributed by atoms with van der Waals surface area (Å²) in [4.78, 5) is 24.6. The van der Waals surface area contributed by atoms with Crippen LogP contribution in [0.15, 0.2) is 30.3 Å². The molecule has 0 spiro atoms. The number of nitrogens with one attached hydrogen (secondary N) is 1. The predicted molar refractivity (Wildman–Crippen MR) is 101 cm³/mol. The summed E-state index contributed by atoms with van der Waals surface area (Å²) in [5, 5.41) is 3.16. The second-order valence-electron chi connectivity index (χ2n) is 5.91. The maximum Gasteiger partial charge on any atom is 0.341 e. The molecule has 0 aliphatic carbocycles. The first-order valence-electron chi connectivity index (χ1n) is 7.74. The highest BCUT2D eigenvalue weighted by molar-refractivity contribution is 6.39. The molecule has 0 saturated heterocycles. The summed E-state index contributed by atoms with van der Waals surface area (Å²) in [6.45, 7) is 7.31. The molecule has 0 bridgehead atoms. The summed E-state index contributed by atoms with van der Waals surface area (Å²) in [7, 11) is 0. The quantitative estimate of drug-likeness (QED) is 0.751. The van der Waals surface area contributed by atoms with Crippen LogP contribution in [-0.4, -0.2) is 18.0 Å². The molecule has 2 aromatic carbocycles. The van der Waals surface area contributed by atoms with Crippen molar-refractivity contribution in [2.45, 2.75) is 33.8 Å². The van der Waals surface area contributed by atoms with Gasteiger partial charge < -0.3 is 10.1 Å². The zero-order chi connectivity index (χ0) is 18.7. The number of hydrogen-bond donors (Lipinski definition) is 1. The summed E-state index contributed by atoms with van der Waals surface area (Å²) in [5.74, 6) is -1.16. The molecule has 1 atom stereocenters. The number of hydrogen-bond acceptors (Lipinski definition) is 3. The number of aryl methyl sites for hydroxylation is 3. The molecular formula is C19H19Cl2NO3. The van der Waals surface area contributed by atoms with Gasteiger partial charge in [-0.3, -0.25) is 4.79 Å². The van der Waals surface area contributed by atoms with Crippen molar-refractivity contribution >= 4 is 40.8 Å². The van der Waals surface area contributed by atoms with E-state index in [4.69, 9.17) is 27.9 Å². The summed E-state index contributed by atoms with van der Waals surface area (Å²) < 4.78 is 5.22. The molecule has 0 aromatic heterocycles. The van der Waals surface area contributed by atoms with E-state index in [1.807, 2.05) is 32.9 Å². The van der Waals surface area contributed by atoms with Crippen LogP contribution in [-0.2, 0) is 9.53 Å². The van der Waals surface area contributed by atoms with Crippen molar-refractivity contribution in [1.29, 1.82) is 0 Å². The van der Waals surface area contributed by atoms with Gasteiger partial charge in [0, 0.05) is 5.69 Å². The minimum atomic E-state index is -1.00. The zero-order valence-corrected chi connectivity index (χ0v) is 16.0. The summed E-state index contributed by atoms with van der Waals surface area (Å²) in [6, 6.07) is 8.65. The summed E-state index contributed by atoms with van der Waals surface area (Å²) >= 11 is 12.0. The number of esters is 1. The Kier molecular flexibility index (Phi) is 6.09. The zero-order valence-electron chi connectivity index (χ0n) is 14.4. The molecular weight excluding hydrogens is 361 g/mol. The SMILES string of the molecule is Cc1cc(C)c(NC(=O)[C@@H](C)OC(=O)c2c(Cl)cccc2Cl)c(C)c1. The molecule has 0 unspecified atom stereocenters. The van der Waals surface area contributed by atoms with E-state index in [1.165, 1.54) is 19.1 Å². The molecule has 0 saturated carbocycles. The topological polar surface area (TPSA) is 55.4 Å². The first-order valence-corrected chi connectivity index (χ1v) is 8.50. The molecule has 0 aliphatic heterocycles. The number of carbonyl (C=O) groups is 2. The highest BCUT2D eigenvalue weighted by atomic mass is 35.5. The highest BCUT2D eigenvalue weighted by Crippen LogP contribution is 2.26. The average molecular weight is 380 g/mol. The standard InChI is InChI=1S/C19H19Cl2NO3/c1-10-8-11(2)17(12(3)9-10)22-18(23)13(4)25-19(24)16-14(20)6-5-7-15(16)21/h5-9,13H,1-4H3,(H,22,23)/t13-/m1/s1. The maximum absolute atomic E-state index is 12.4. The Balaban J connectivity index is 2.12. The fraction of sp³-hybridized carbons (Fsp3) is 0.263. The fourth-order valence-electron chi connectivity index (χ4n) is 2.57. The lowest BCUT2D eigenvalue weighted by molar-refractivity contribution is -0.123. The Morgan fingerprint density at radius 1 is 1.04 bits per heavy atom. The van der Waals surface area contributed by atoms with E-state index in [1.54, 1.807) is 6.07 Å². The first kappa shape index (κ1) is 19.3. The van der Waals surface area contributed by atoms with Gasteiger partial charge >= 0.3 is 5.97 Å². The summed E-state index contributed by atoms with van der Waals surface area (Å²) in [6.07, 6.45) is -1.00. The Morgan fingerprint density at radius 2 is 1.56 bits per heavy atom. The van der Waals surface area contributed by atoms with Gasteiger partial charge in [-0.25, -0.2) is 4.79 Å². The molecule has 4 nitrogen and oxygen atoms in total. The second kappa shape index (κ2) is 7.89. The van der Waals surface area contributed by atoms with Crippen molar-refractivity contribution in [3.05, 3.63) is 62.6 Å². The molecule has 132 valence electrons. The van der Waals surface area contributed by atoms with Crippen molar-refractivity contribution in [2.24, 2.45) is 0 Å². The van der Waals surface area contributed by atoms with Gasteiger partial charge in [0.05, 0.1) is 15.6 Å². The van der Waals surface area contributed by atoms with E-state index in [0.717, 1.165) is 16.7 Å². The van der Waals surface area contributed by atoms with E-state index < -0.39 is 18.0 Å². The van der Waals surface area contributed by atoms with Crippen LogP contribution in [0.5, 0.6) is 0 Å². The van der Waals surface area contributed by atoms with Gasteiger partial charge in [-0.1, -0.05) is 47.0 Å². The Morgan fingerprint density at radius 3 is 2.08 bits per heavy atom. The van der Waals surface area contributed by atoms with Gasteiger partial charge in [-0.15, -0.1) is 0 Å². The monoisotopic (exact) mass is 379 g/mol. The van der Waals surface area contributed by atoms with Gasteiger partial charge in [0.1, 0.15) is 0 Å². The average Bonchev–Trinajstić information content (AvgIpc) is 2.50. The van der Waals surface area contributed by atoms with Gasteiger partial charge in [0.15, 0.2) is 6.10 Å². The van der Waals surface area contributed by atoms with Gasteiger partial charge in [0.25, 0.3) is 5.91 Å². The number of anilines is 1. The number of rotatable bonds is 4. The molecule has 0 radical (unpaired) electrons. The van der Waals surface area contributed by atoms with Gasteiger partial charge in [-0.05, 0) is 51.0 Å². The molecule has 1 amide bonds. The van der Waals surface area contributed by atoms with Crippen LogP contribution in [0.1, 0.15) is 34.0 Å². The summed E-state index contributed by atoms with van der Waals surface area (Å²) in [5.41, 5.74) is 3.76. The van der Waals surface area contributed by atoms with Crippen molar-refractivity contribution < 1.29 is 14.3 Å². The maximum atomic E-state index is 12.4. The minimum Gasteiger partial charge on any atom is -0.449 e. The van der Waals surface area contributed by atoms with E-state index >= 15 is 0 Å². The lowest BCUT2D eigenvalue weighted by Gasteiger charge is -2.17. The normalized spacial score (nSPS) is 11.8. The molecule has 6 heteroatoms. The van der Waals surface area contributed by atoms with Gasteiger partial charge in [0.2, 0.25) is 0 Å². The van der Waals surface area contributed by atoms with Crippen LogP contribution in [0, 0.1) is 20.8 Å². The predicted octanol–water partition coefficient (Wildman–Crippen LogP) is 5.10. The first-order chi connectivity index (χ1) is 11.7. The molecule has 25 heavy (non-hydrogen) atoms. The molecule has 2 rings (SSSR count). The van der Waals surface area contributed by atoms with Crippen molar-refractivity contribution in [2.75, 3.05) is 5.32 Å². The highest BCUT2D eigenvalue weighted by Gasteiger charge is 2.23. The van der Waals surface area contributed by atoms with Crippen LogP contribution < -0.4 is 5.32 Å². The number of ether oxygens (including phenoxy) is 1. The molecule has 2 aromatic rings. The minimum absolute atomic E-state index is 0.0492. The van der Waals surface area contributed by atoms with E-state index in [9.17, 15) is 9.59 Å². The van der Waals surface area contributed by atoms with Gasteiger partial charge in [-0.2, -0.15) is 0 Å². The fourth-order valence-corrected chi connectivity index (χ4v) is 3.12. The van der Waals surface area contributed by atoms with Crippen molar-refractivity contribution in [3.63, 3.8) is 0 Å². The Labute approximate surface area is 157 Å². The van der Waals surface area contributed by atoms with Crippen molar-refractivity contribution in [1.82, 2.24) is 0 Å². The lowest BCUT2D eigenvalue weighted by atomic mass is 10.0. The second-order valence-corrected chi connectivity index (χ2v) is 6.72. The van der Waals surface area contributed by atoms with E-state index in [-0.39, 0.29) is 15.6 Å². The van der Waals surface area contributed by atoms with E-state index in [2.05, 4.69) is 5.32 Å². The Bertz CT molecular complexity index is 790. The number of halogens is 2. The van der Waals surface area contributed by atoms with Crippen LogP contribution in [0.3, 0.4) is 0 Å². The van der Waals surface area contributed by atoms with Crippen LogP contribution in [0.4, 0.5) is 5.69 Å². The third-order valence-corrected chi connectivity index (χ3v) is 4.38. The number of benzene rings is 2. The third kappa shape index (κ3) is 4.53. The van der Waals surface area contributed by atoms with E-state index in [0.29, 0.717) is 5.69 Å². The Hall–Kier alpha value is -2.04. The third-order valence-electron chi connectivity index (χ3n) is 3.75. The number of amides is 1. The lowest BCUT2D eigenvalue weighted by Crippen LogP contribution is -2.30. The van der Waals surface area contributed by atoms with Crippen molar-refractivity contribution in [3.8, 4) is 0 Å². The largest absolute Gasteiger partial charge is 0.449 e. The molecule has 0 fully saturated rings. The van der Waals surface area contributed by atoms with Crippen LogP contribution in [0.25, 0.3) is 0 Å². The number of carbonyl (C=O) groups excluding carboxylic acids is 2. The van der Waals surface area contributed by atoms with Crippen LogP contribution >= 0.6 is 23.2 Å². The molecule has 0 aliphatic rings. The molecule has 0 heterocycles. The molecule has 1 N–H and O–H groups in total. The van der Waals surface area contributed by atoms with Crippen LogP contribution in [0.2, 0.25) is 10.0 Å². The smallest absolute Gasteiger partial charge is 0.341 e.